The Morgan fingerprint density at radius 1 is 1.09 bits per heavy atom. The minimum Gasteiger partial charge on any atom is -0.493 e. The molecular formula is C26H24FN5O2. The highest BCUT2D eigenvalue weighted by atomic mass is 19.1. The van der Waals surface area contributed by atoms with Crippen LogP contribution in [0, 0.1) is 12.7 Å². The predicted molar refractivity (Wildman–Crippen MR) is 128 cm³/mol. The maximum atomic E-state index is 14.6. The molecule has 0 fully saturated rings. The number of aromatic nitrogens is 3. The van der Waals surface area contributed by atoms with Gasteiger partial charge in [0.1, 0.15) is 17.3 Å². The van der Waals surface area contributed by atoms with Gasteiger partial charge in [0.05, 0.1) is 19.0 Å². The quantitative estimate of drug-likeness (QED) is 0.479. The molecule has 8 heteroatoms. The van der Waals surface area contributed by atoms with E-state index in [1.807, 2.05) is 19.1 Å². The first kappa shape index (κ1) is 21.8. The third kappa shape index (κ3) is 3.81. The van der Waals surface area contributed by atoms with Gasteiger partial charge in [-0.05, 0) is 42.3 Å². The Balaban J connectivity index is 1.50. The van der Waals surface area contributed by atoms with Gasteiger partial charge in [-0.15, -0.1) is 0 Å². The zero-order chi connectivity index (χ0) is 23.8. The van der Waals surface area contributed by atoms with Gasteiger partial charge in [-0.3, -0.25) is 9.78 Å². The van der Waals surface area contributed by atoms with Crippen molar-refractivity contribution in [3.05, 3.63) is 77.1 Å². The topological polar surface area (TPSA) is 80.2 Å². The second kappa shape index (κ2) is 8.70. The van der Waals surface area contributed by atoms with Crippen molar-refractivity contribution in [1.29, 1.82) is 0 Å². The molecule has 3 heterocycles. The molecule has 5 rings (SSSR count). The fourth-order valence-electron chi connectivity index (χ4n) is 4.36. The molecule has 7 nitrogen and oxygen atoms in total. The molecule has 1 aliphatic heterocycles. The SMILES string of the molecule is Cc1cc(C(=O)N(C)C)ncc1-c1ccc(NCc2c(F)ccc3c2CCO3)c2cnncc12. The third-order valence-corrected chi connectivity index (χ3v) is 6.15. The molecule has 0 unspecified atom stereocenters. The number of rotatable bonds is 5. The molecule has 0 aliphatic carbocycles. The maximum Gasteiger partial charge on any atom is 0.271 e. The first-order valence-corrected chi connectivity index (χ1v) is 11.0. The van der Waals surface area contributed by atoms with Crippen LogP contribution in [0.4, 0.5) is 10.1 Å². The molecule has 1 N–H and O–H groups in total. The maximum absolute atomic E-state index is 14.6. The van der Waals surface area contributed by atoms with Crippen molar-refractivity contribution in [1.82, 2.24) is 20.1 Å². The Bertz CT molecular complexity index is 1420. The Morgan fingerprint density at radius 2 is 1.88 bits per heavy atom. The van der Waals surface area contributed by atoms with Crippen molar-refractivity contribution in [2.45, 2.75) is 19.9 Å². The van der Waals surface area contributed by atoms with Crippen LogP contribution in [0.1, 0.15) is 27.2 Å². The van der Waals surface area contributed by atoms with Crippen molar-refractivity contribution in [3.8, 4) is 16.9 Å². The number of carbonyl (C=O) groups is 1. The molecule has 0 radical (unpaired) electrons. The fraction of sp³-hybridized carbons (Fsp3) is 0.231. The zero-order valence-corrected chi connectivity index (χ0v) is 19.2. The molecule has 2 aromatic heterocycles. The first-order valence-electron chi connectivity index (χ1n) is 11.0. The van der Waals surface area contributed by atoms with E-state index in [0.717, 1.165) is 44.5 Å². The fourth-order valence-corrected chi connectivity index (χ4v) is 4.36. The van der Waals surface area contributed by atoms with Crippen LogP contribution in [0.3, 0.4) is 0 Å². The average molecular weight is 458 g/mol. The minimum absolute atomic E-state index is 0.144. The molecule has 0 bridgehead atoms. The lowest BCUT2D eigenvalue weighted by atomic mass is 9.96. The van der Waals surface area contributed by atoms with Gasteiger partial charge in [-0.1, -0.05) is 6.07 Å². The van der Waals surface area contributed by atoms with Gasteiger partial charge in [0.25, 0.3) is 5.91 Å². The molecular weight excluding hydrogens is 433 g/mol. The summed E-state index contributed by atoms with van der Waals surface area (Å²) in [5.41, 5.74) is 5.54. The van der Waals surface area contributed by atoms with E-state index in [9.17, 15) is 9.18 Å². The van der Waals surface area contributed by atoms with Crippen molar-refractivity contribution in [3.63, 3.8) is 0 Å². The number of halogens is 1. The minimum atomic E-state index is -0.244. The number of nitrogens with zero attached hydrogens (tertiary/aromatic N) is 4. The lowest BCUT2D eigenvalue weighted by Crippen LogP contribution is -2.22. The summed E-state index contributed by atoms with van der Waals surface area (Å²) in [6.45, 7) is 2.86. The predicted octanol–water partition coefficient (Wildman–Crippen LogP) is 4.39. The number of nitrogens with one attached hydrogen (secondary N) is 1. The van der Waals surface area contributed by atoms with Crippen molar-refractivity contribution in [2.24, 2.45) is 0 Å². The van der Waals surface area contributed by atoms with Gasteiger partial charge >= 0.3 is 0 Å². The number of pyridine rings is 1. The van der Waals surface area contributed by atoms with Gasteiger partial charge in [0, 0.05) is 66.4 Å². The summed E-state index contributed by atoms with van der Waals surface area (Å²) >= 11 is 0. The number of ether oxygens (including phenoxy) is 1. The second-order valence-electron chi connectivity index (χ2n) is 8.52. The number of amides is 1. The van der Waals surface area contributed by atoms with E-state index >= 15 is 0 Å². The van der Waals surface area contributed by atoms with Crippen LogP contribution in [-0.2, 0) is 13.0 Å². The summed E-state index contributed by atoms with van der Waals surface area (Å²) in [5.74, 6) is 0.366. The van der Waals surface area contributed by atoms with E-state index in [0.29, 0.717) is 30.8 Å². The van der Waals surface area contributed by atoms with Gasteiger partial charge in [-0.2, -0.15) is 10.2 Å². The normalized spacial score (nSPS) is 12.4. The van der Waals surface area contributed by atoms with Crippen LogP contribution in [-0.4, -0.2) is 46.7 Å². The van der Waals surface area contributed by atoms with Gasteiger partial charge in [0.2, 0.25) is 0 Å². The van der Waals surface area contributed by atoms with E-state index < -0.39 is 0 Å². The summed E-state index contributed by atoms with van der Waals surface area (Å²) in [7, 11) is 3.40. The molecule has 2 aromatic carbocycles. The molecule has 1 aliphatic rings. The van der Waals surface area contributed by atoms with Crippen LogP contribution in [0.2, 0.25) is 0 Å². The Kier molecular flexibility index (Phi) is 5.57. The number of hydrogen-bond donors (Lipinski definition) is 1. The Labute approximate surface area is 196 Å². The third-order valence-electron chi connectivity index (χ3n) is 6.15. The van der Waals surface area contributed by atoms with E-state index in [-0.39, 0.29) is 11.7 Å². The summed E-state index contributed by atoms with van der Waals surface area (Å²) < 4.78 is 20.2. The monoisotopic (exact) mass is 457 g/mol. The number of aryl methyl sites for hydroxylation is 1. The standard InChI is InChI=1S/C26H24FN5O2/c1-15-10-24(26(33)32(2)3)29-11-18(15)16-4-6-23(21-14-31-30-13-19(16)21)28-12-20-17-8-9-34-25(17)7-5-22(20)27/h4-7,10-11,13-14,28H,8-9,12H2,1-3H3. The Morgan fingerprint density at radius 3 is 2.65 bits per heavy atom. The highest BCUT2D eigenvalue weighted by Gasteiger charge is 2.20. The van der Waals surface area contributed by atoms with E-state index in [4.69, 9.17) is 4.74 Å². The van der Waals surface area contributed by atoms with Crippen LogP contribution < -0.4 is 10.1 Å². The van der Waals surface area contributed by atoms with Crippen molar-refractivity contribution in [2.75, 3.05) is 26.0 Å². The summed E-state index contributed by atoms with van der Waals surface area (Å²) in [6, 6.07) is 8.88. The number of carbonyl (C=O) groups excluding carboxylic acids is 1. The van der Waals surface area contributed by atoms with Gasteiger partial charge < -0.3 is 15.0 Å². The molecule has 172 valence electrons. The molecule has 0 atom stereocenters. The molecule has 1 amide bonds. The summed E-state index contributed by atoms with van der Waals surface area (Å²) in [6.07, 6.45) is 5.83. The smallest absolute Gasteiger partial charge is 0.271 e. The van der Waals surface area contributed by atoms with Gasteiger partial charge in [-0.25, -0.2) is 4.39 Å². The van der Waals surface area contributed by atoms with E-state index in [2.05, 4.69) is 20.5 Å². The highest BCUT2D eigenvalue weighted by Crippen LogP contribution is 2.35. The number of fused-ring (bicyclic) bond motifs is 2. The lowest BCUT2D eigenvalue weighted by Gasteiger charge is -2.16. The van der Waals surface area contributed by atoms with E-state index in [1.165, 1.54) is 11.0 Å². The van der Waals surface area contributed by atoms with Crippen molar-refractivity contribution >= 4 is 22.4 Å². The summed E-state index contributed by atoms with van der Waals surface area (Å²) in [4.78, 5) is 18.2. The van der Waals surface area contributed by atoms with Gasteiger partial charge in [0.15, 0.2) is 0 Å². The molecule has 34 heavy (non-hydrogen) atoms. The van der Waals surface area contributed by atoms with Crippen LogP contribution >= 0.6 is 0 Å². The zero-order valence-electron chi connectivity index (χ0n) is 19.2. The number of benzene rings is 2. The van der Waals surface area contributed by atoms with E-state index in [1.54, 1.807) is 44.8 Å². The molecule has 0 spiro atoms. The first-order chi connectivity index (χ1) is 16.4. The number of anilines is 1. The van der Waals surface area contributed by atoms with Crippen LogP contribution in [0.25, 0.3) is 21.9 Å². The highest BCUT2D eigenvalue weighted by molar-refractivity contribution is 6.03. The molecule has 4 aromatic rings. The number of hydrogen-bond acceptors (Lipinski definition) is 6. The summed E-state index contributed by atoms with van der Waals surface area (Å²) in [5, 5.41) is 13.3. The molecule has 0 saturated heterocycles. The van der Waals surface area contributed by atoms with Crippen LogP contribution in [0.5, 0.6) is 5.75 Å². The second-order valence-corrected chi connectivity index (χ2v) is 8.52. The van der Waals surface area contributed by atoms with Crippen molar-refractivity contribution < 1.29 is 13.9 Å². The average Bonchev–Trinajstić information content (AvgIpc) is 3.32. The van der Waals surface area contributed by atoms with Crippen LogP contribution in [0.15, 0.2) is 48.9 Å². The molecule has 0 saturated carbocycles. The largest absolute Gasteiger partial charge is 0.493 e. The Hall–Kier alpha value is -4.07. The lowest BCUT2D eigenvalue weighted by molar-refractivity contribution is 0.0822.